The maximum atomic E-state index is 13.4. The first-order chi connectivity index (χ1) is 7.66. The van der Waals surface area contributed by atoms with Crippen LogP contribution in [0.3, 0.4) is 0 Å². The average Bonchev–Trinajstić information content (AvgIpc) is 2.63. The van der Waals surface area contributed by atoms with E-state index in [4.69, 9.17) is 5.73 Å². The van der Waals surface area contributed by atoms with Crippen molar-refractivity contribution in [1.82, 2.24) is 10.2 Å². The molecule has 2 aromatic rings. The zero-order valence-corrected chi connectivity index (χ0v) is 8.92. The van der Waals surface area contributed by atoms with Gasteiger partial charge in [0.05, 0.1) is 11.9 Å². The minimum absolute atomic E-state index is 0.346. The van der Waals surface area contributed by atoms with E-state index in [0.717, 1.165) is 11.3 Å². The third kappa shape index (κ3) is 2.13. The van der Waals surface area contributed by atoms with E-state index in [-0.39, 0.29) is 5.82 Å². The standard InChI is InChI=1S/C11H13FN4/c1-7-8(6-15-16-7)5-14-11-3-2-9(13)4-10(11)12/h2-4,6,14H,5,13H2,1H3,(H,15,16). The number of nitrogen functional groups attached to an aromatic ring is 1. The fraction of sp³-hybridized carbons (Fsp3) is 0.182. The first kappa shape index (κ1) is 10.5. The molecule has 84 valence electrons. The lowest BCUT2D eigenvalue weighted by atomic mass is 10.2. The van der Waals surface area contributed by atoms with Crippen molar-refractivity contribution >= 4 is 11.4 Å². The lowest BCUT2D eigenvalue weighted by Crippen LogP contribution is -2.02. The molecule has 1 heterocycles. The Hall–Kier alpha value is -2.04. The van der Waals surface area contributed by atoms with Gasteiger partial charge in [-0.15, -0.1) is 0 Å². The number of aryl methyl sites for hydroxylation is 1. The maximum Gasteiger partial charge on any atom is 0.148 e. The fourth-order valence-electron chi connectivity index (χ4n) is 1.42. The van der Waals surface area contributed by atoms with E-state index in [0.29, 0.717) is 17.9 Å². The van der Waals surface area contributed by atoms with E-state index >= 15 is 0 Å². The molecule has 0 spiro atoms. The molecule has 0 aliphatic heterocycles. The van der Waals surface area contributed by atoms with Crippen molar-refractivity contribution in [3.05, 3.63) is 41.5 Å². The minimum atomic E-state index is -0.346. The van der Waals surface area contributed by atoms with Crippen molar-refractivity contribution in [2.75, 3.05) is 11.1 Å². The molecule has 4 nitrogen and oxygen atoms in total. The Balaban J connectivity index is 2.08. The van der Waals surface area contributed by atoms with Crippen molar-refractivity contribution in [3.63, 3.8) is 0 Å². The smallest absolute Gasteiger partial charge is 0.148 e. The molecular weight excluding hydrogens is 207 g/mol. The number of aromatic nitrogens is 2. The number of H-pyrrole nitrogens is 1. The summed E-state index contributed by atoms with van der Waals surface area (Å²) in [5, 5.41) is 9.71. The highest BCUT2D eigenvalue weighted by Crippen LogP contribution is 2.17. The van der Waals surface area contributed by atoms with Crippen molar-refractivity contribution in [2.45, 2.75) is 13.5 Å². The van der Waals surface area contributed by atoms with Crippen molar-refractivity contribution in [3.8, 4) is 0 Å². The van der Waals surface area contributed by atoms with Gasteiger partial charge < -0.3 is 11.1 Å². The monoisotopic (exact) mass is 220 g/mol. The number of benzene rings is 1. The quantitative estimate of drug-likeness (QED) is 0.693. The summed E-state index contributed by atoms with van der Waals surface area (Å²) in [6, 6.07) is 4.58. The molecule has 16 heavy (non-hydrogen) atoms. The molecule has 0 radical (unpaired) electrons. The molecule has 0 unspecified atom stereocenters. The van der Waals surface area contributed by atoms with E-state index in [2.05, 4.69) is 15.5 Å². The summed E-state index contributed by atoms with van der Waals surface area (Å²) in [6.07, 6.45) is 1.72. The van der Waals surface area contributed by atoms with Crippen LogP contribution in [0.4, 0.5) is 15.8 Å². The molecule has 0 aliphatic carbocycles. The van der Waals surface area contributed by atoms with Crippen LogP contribution in [0.15, 0.2) is 24.4 Å². The van der Waals surface area contributed by atoms with Gasteiger partial charge in [0.1, 0.15) is 5.82 Å². The Kier molecular flexibility index (Phi) is 2.76. The number of aromatic amines is 1. The second-order valence-electron chi connectivity index (χ2n) is 3.61. The molecule has 0 amide bonds. The SMILES string of the molecule is Cc1[nH]ncc1CNc1ccc(N)cc1F. The molecule has 4 N–H and O–H groups in total. The normalized spacial score (nSPS) is 10.4. The second kappa shape index (κ2) is 4.22. The summed E-state index contributed by atoms with van der Waals surface area (Å²) in [4.78, 5) is 0. The Morgan fingerprint density at radius 1 is 1.50 bits per heavy atom. The van der Waals surface area contributed by atoms with Crippen LogP contribution >= 0.6 is 0 Å². The molecule has 1 aromatic heterocycles. The molecule has 0 fully saturated rings. The van der Waals surface area contributed by atoms with E-state index in [1.54, 1.807) is 18.3 Å². The van der Waals surface area contributed by atoms with Gasteiger partial charge in [-0.3, -0.25) is 5.10 Å². The number of halogens is 1. The summed E-state index contributed by atoms with van der Waals surface area (Å²) in [5.74, 6) is -0.346. The fourth-order valence-corrected chi connectivity index (χ4v) is 1.42. The zero-order valence-electron chi connectivity index (χ0n) is 8.92. The molecule has 0 saturated carbocycles. The highest BCUT2D eigenvalue weighted by molar-refractivity contribution is 5.52. The van der Waals surface area contributed by atoms with Gasteiger partial charge in [-0.25, -0.2) is 4.39 Å². The third-order valence-corrected chi connectivity index (χ3v) is 2.40. The van der Waals surface area contributed by atoms with Crippen molar-refractivity contribution < 1.29 is 4.39 Å². The Morgan fingerprint density at radius 2 is 2.31 bits per heavy atom. The molecular formula is C11H13FN4. The largest absolute Gasteiger partial charge is 0.399 e. The van der Waals surface area contributed by atoms with Crippen LogP contribution in [-0.4, -0.2) is 10.2 Å². The first-order valence-electron chi connectivity index (χ1n) is 4.94. The van der Waals surface area contributed by atoms with Gasteiger partial charge in [-0.2, -0.15) is 5.10 Å². The van der Waals surface area contributed by atoms with E-state index < -0.39 is 0 Å². The highest BCUT2D eigenvalue weighted by atomic mass is 19.1. The number of anilines is 2. The summed E-state index contributed by atoms with van der Waals surface area (Å²) in [6.45, 7) is 2.45. The molecule has 0 atom stereocenters. The van der Waals surface area contributed by atoms with Crippen LogP contribution in [0.2, 0.25) is 0 Å². The van der Waals surface area contributed by atoms with Gasteiger partial charge >= 0.3 is 0 Å². The number of nitrogens with one attached hydrogen (secondary N) is 2. The summed E-state index contributed by atoms with van der Waals surface area (Å²) >= 11 is 0. The van der Waals surface area contributed by atoms with Crippen LogP contribution < -0.4 is 11.1 Å². The predicted octanol–water partition coefficient (Wildman–Crippen LogP) is 2.05. The zero-order chi connectivity index (χ0) is 11.5. The van der Waals surface area contributed by atoms with E-state index in [1.165, 1.54) is 6.07 Å². The maximum absolute atomic E-state index is 13.4. The molecule has 0 saturated heterocycles. The number of hydrogen-bond acceptors (Lipinski definition) is 3. The predicted molar refractivity (Wildman–Crippen MR) is 61.5 cm³/mol. The van der Waals surface area contributed by atoms with Gasteiger partial charge in [0.2, 0.25) is 0 Å². The Morgan fingerprint density at radius 3 is 2.94 bits per heavy atom. The van der Waals surface area contributed by atoms with Crippen LogP contribution in [0.1, 0.15) is 11.3 Å². The summed E-state index contributed by atoms with van der Waals surface area (Å²) < 4.78 is 13.4. The van der Waals surface area contributed by atoms with Gasteiger partial charge in [0.25, 0.3) is 0 Å². The third-order valence-electron chi connectivity index (χ3n) is 2.40. The minimum Gasteiger partial charge on any atom is -0.399 e. The average molecular weight is 220 g/mol. The summed E-state index contributed by atoms with van der Waals surface area (Å²) in [5.41, 5.74) is 8.30. The molecule has 1 aromatic carbocycles. The van der Waals surface area contributed by atoms with Gasteiger partial charge in [0.15, 0.2) is 0 Å². The lowest BCUT2D eigenvalue weighted by molar-refractivity contribution is 0.631. The number of nitrogens with zero attached hydrogens (tertiary/aromatic N) is 1. The number of hydrogen-bond donors (Lipinski definition) is 3. The Labute approximate surface area is 92.7 Å². The van der Waals surface area contributed by atoms with Crippen molar-refractivity contribution in [1.29, 1.82) is 0 Å². The van der Waals surface area contributed by atoms with Crippen LogP contribution in [0.25, 0.3) is 0 Å². The van der Waals surface area contributed by atoms with E-state index in [9.17, 15) is 4.39 Å². The van der Waals surface area contributed by atoms with Gasteiger partial charge in [0, 0.05) is 23.5 Å². The molecule has 2 rings (SSSR count). The lowest BCUT2D eigenvalue weighted by Gasteiger charge is -2.07. The van der Waals surface area contributed by atoms with Crippen molar-refractivity contribution in [2.24, 2.45) is 0 Å². The topological polar surface area (TPSA) is 66.7 Å². The Bertz CT molecular complexity index is 492. The highest BCUT2D eigenvalue weighted by Gasteiger charge is 2.04. The van der Waals surface area contributed by atoms with Crippen LogP contribution in [0, 0.1) is 12.7 Å². The number of nitrogens with two attached hydrogens (primary N) is 1. The van der Waals surface area contributed by atoms with Crippen LogP contribution in [0.5, 0.6) is 0 Å². The summed E-state index contributed by atoms with van der Waals surface area (Å²) in [7, 11) is 0. The van der Waals surface area contributed by atoms with Crippen LogP contribution in [-0.2, 0) is 6.54 Å². The molecule has 0 bridgehead atoms. The second-order valence-corrected chi connectivity index (χ2v) is 3.61. The first-order valence-corrected chi connectivity index (χ1v) is 4.94. The van der Waals surface area contributed by atoms with Gasteiger partial charge in [-0.1, -0.05) is 0 Å². The molecule has 0 aliphatic rings. The number of rotatable bonds is 3. The van der Waals surface area contributed by atoms with E-state index in [1.807, 2.05) is 6.92 Å². The molecule has 5 heteroatoms. The van der Waals surface area contributed by atoms with Gasteiger partial charge in [-0.05, 0) is 25.1 Å².